The van der Waals surface area contributed by atoms with Gasteiger partial charge in [-0.05, 0) is 65.3 Å². The van der Waals surface area contributed by atoms with Gasteiger partial charge in [-0.2, -0.15) is 0 Å². The molecule has 7 aromatic carbocycles. The lowest BCUT2D eigenvalue weighted by atomic mass is 9.56. The second-order valence-corrected chi connectivity index (χ2v) is 15.3. The van der Waals surface area contributed by atoms with E-state index in [4.69, 9.17) is 0 Å². The van der Waals surface area contributed by atoms with E-state index in [0.29, 0.717) is 0 Å². The number of hydrogen-bond acceptors (Lipinski definition) is 0. The fourth-order valence-corrected chi connectivity index (χ4v) is 9.34. The van der Waals surface area contributed by atoms with Crippen molar-refractivity contribution in [2.24, 2.45) is 0 Å². The van der Waals surface area contributed by atoms with Gasteiger partial charge in [0, 0.05) is 0 Å². The normalized spacial score (nSPS) is 11.7. The summed E-state index contributed by atoms with van der Waals surface area (Å²) in [7, 11) is 35.4. The molecule has 0 saturated heterocycles. The maximum Gasteiger partial charge on any atom is 0.139 e. The Morgan fingerprint density at radius 3 is 1.02 bits per heavy atom. The Hall–Kier alpha value is -3.45. The highest BCUT2D eigenvalue weighted by molar-refractivity contribution is 6.75. The SMILES string of the molecule is Bc1c(B)c(B)c2c(-c3c4c(B)c(B)c(B)c(B)c4c(-c4cccc5ccccc45)c4c(B)c(B)c(B)c(B)c34)c(B)c(B)c(B)c2c1B. The molecular formula is C34H37B15. The Kier molecular flexibility index (Phi) is 8.21. The zero-order valence-electron chi connectivity index (χ0n) is 32.5. The summed E-state index contributed by atoms with van der Waals surface area (Å²) < 4.78 is 0. The van der Waals surface area contributed by atoms with E-state index in [0.717, 1.165) is 0 Å². The molecule has 0 nitrogen and oxygen atoms in total. The maximum absolute atomic E-state index is 2.39. The molecule has 0 atom stereocenters. The summed E-state index contributed by atoms with van der Waals surface area (Å²) in [5.41, 5.74) is 26.7. The molecule has 218 valence electrons. The smallest absolute Gasteiger partial charge is 0.101 e. The first-order valence-electron chi connectivity index (χ1n) is 18.1. The molecule has 49 heavy (non-hydrogen) atoms. The molecule has 7 rings (SSSR count). The predicted octanol–water partition coefficient (Wildman–Crippen LogP) is -16.5. The highest BCUT2D eigenvalue weighted by Crippen LogP contribution is 2.43. The van der Waals surface area contributed by atoms with E-state index in [1.54, 1.807) is 0 Å². The first-order valence-corrected chi connectivity index (χ1v) is 18.1. The molecular weight excluding hydrogens is 571 g/mol. The fourth-order valence-electron chi connectivity index (χ4n) is 9.34. The number of hydrogen-bond donors (Lipinski definition) is 0. The minimum absolute atomic E-state index is 1.29. The highest BCUT2D eigenvalue weighted by Gasteiger charge is 2.28. The lowest BCUT2D eigenvalue weighted by molar-refractivity contribution is 1.73. The molecule has 0 aliphatic carbocycles. The van der Waals surface area contributed by atoms with Gasteiger partial charge >= 0.3 is 0 Å². The second kappa shape index (κ2) is 11.8. The topological polar surface area (TPSA) is 0 Å². The lowest BCUT2D eigenvalue weighted by Gasteiger charge is -2.31. The van der Waals surface area contributed by atoms with Crippen molar-refractivity contribution in [3.05, 3.63) is 42.5 Å². The van der Waals surface area contributed by atoms with E-state index in [1.807, 2.05) is 0 Å². The van der Waals surface area contributed by atoms with Gasteiger partial charge in [-0.25, -0.2) is 0 Å². The molecule has 0 amide bonds. The third-order valence-electron chi connectivity index (χ3n) is 13.5. The molecule has 0 N–H and O–H groups in total. The van der Waals surface area contributed by atoms with Gasteiger partial charge in [-0.15, -0.1) is 38.2 Å². The van der Waals surface area contributed by atoms with Crippen molar-refractivity contribution in [3.63, 3.8) is 0 Å². The Labute approximate surface area is 306 Å². The average molecular weight is 608 g/mol. The summed E-state index contributed by atoms with van der Waals surface area (Å²) in [6.07, 6.45) is 0. The van der Waals surface area contributed by atoms with E-state index < -0.39 is 0 Å². The molecule has 0 aliphatic heterocycles. The molecule has 0 unspecified atom stereocenters. The summed E-state index contributed by atoms with van der Waals surface area (Å²) >= 11 is 0. The quantitative estimate of drug-likeness (QED) is 0.135. The van der Waals surface area contributed by atoms with Gasteiger partial charge in [0.25, 0.3) is 0 Å². The molecule has 0 spiro atoms. The van der Waals surface area contributed by atoms with Crippen LogP contribution >= 0.6 is 0 Å². The highest BCUT2D eigenvalue weighted by atomic mass is 14.3. The monoisotopic (exact) mass is 610 g/mol. The number of fused-ring (bicyclic) bond motifs is 4. The van der Waals surface area contributed by atoms with Crippen LogP contribution in [0.4, 0.5) is 0 Å². The summed E-state index contributed by atoms with van der Waals surface area (Å²) in [6.45, 7) is 0. The molecule has 0 bridgehead atoms. The Bertz CT molecular complexity index is 2570. The van der Waals surface area contributed by atoms with E-state index in [9.17, 15) is 0 Å². The van der Waals surface area contributed by atoms with Crippen LogP contribution < -0.4 is 81.9 Å². The Morgan fingerprint density at radius 2 is 0.571 bits per heavy atom. The Morgan fingerprint density at radius 1 is 0.245 bits per heavy atom. The van der Waals surface area contributed by atoms with Crippen molar-refractivity contribution in [3.8, 4) is 22.3 Å². The van der Waals surface area contributed by atoms with Gasteiger partial charge in [-0.1, -0.05) is 86.2 Å². The predicted molar refractivity (Wildman–Crippen MR) is 270 cm³/mol. The van der Waals surface area contributed by atoms with Gasteiger partial charge in [0.2, 0.25) is 0 Å². The number of rotatable bonds is 2. The van der Waals surface area contributed by atoms with Crippen LogP contribution in [-0.2, 0) is 0 Å². The molecule has 7 aromatic rings. The first-order chi connectivity index (χ1) is 23.1. The van der Waals surface area contributed by atoms with Crippen LogP contribution in [0.15, 0.2) is 42.5 Å². The fraction of sp³-hybridized carbons (Fsp3) is 0. The molecule has 15 heteroatoms. The van der Waals surface area contributed by atoms with Gasteiger partial charge in [0.05, 0.1) is 0 Å². The molecule has 0 aliphatic rings. The average Bonchev–Trinajstić information content (AvgIpc) is 3.10. The van der Waals surface area contributed by atoms with Crippen molar-refractivity contribution < 1.29 is 0 Å². The van der Waals surface area contributed by atoms with Crippen molar-refractivity contribution in [2.45, 2.75) is 0 Å². The van der Waals surface area contributed by atoms with Crippen LogP contribution in [0.1, 0.15) is 0 Å². The maximum atomic E-state index is 2.39. The van der Waals surface area contributed by atoms with Crippen molar-refractivity contribution in [2.75, 3.05) is 0 Å². The standard InChI is InChI=1S/C34H37B15/c35-20-13-11(10-7-3-5-8-4-1-2-6-9(8)10)14-16(24(39)32(47)30(45)21(14)36)12(15(13)23(38)31(46)29(20)44)17-18-19(26(41)28(43)22(17)37)27(42)34(49)33(48)25(18)40/h1-7H,35-49H2. The summed E-state index contributed by atoms with van der Waals surface area (Å²) in [4.78, 5) is 0. The van der Waals surface area contributed by atoms with E-state index >= 15 is 0 Å². The lowest BCUT2D eigenvalue weighted by Crippen LogP contribution is -2.53. The zero-order chi connectivity index (χ0) is 35.5. The van der Waals surface area contributed by atoms with Crippen LogP contribution in [0.25, 0.3) is 65.3 Å². The van der Waals surface area contributed by atoms with Crippen LogP contribution in [0.2, 0.25) is 0 Å². The molecule has 0 fully saturated rings. The zero-order valence-corrected chi connectivity index (χ0v) is 32.5. The summed E-state index contributed by atoms with van der Waals surface area (Å²) in [5, 5.41) is 11.1. The first kappa shape index (κ1) is 34.0. The van der Waals surface area contributed by atoms with Crippen LogP contribution in [-0.4, -0.2) is 118 Å². The van der Waals surface area contributed by atoms with Crippen LogP contribution in [0.3, 0.4) is 0 Å². The van der Waals surface area contributed by atoms with E-state index in [2.05, 4.69) is 160 Å². The summed E-state index contributed by atoms with van der Waals surface area (Å²) in [5.74, 6) is 0. The van der Waals surface area contributed by atoms with E-state index in [-0.39, 0.29) is 0 Å². The largest absolute Gasteiger partial charge is 0.139 e. The summed E-state index contributed by atoms with van der Waals surface area (Å²) in [6, 6.07) is 15.8. The van der Waals surface area contributed by atoms with Gasteiger partial charge < -0.3 is 0 Å². The van der Waals surface area contributed by atoms with Gasteiger partial charge in [-0.3, -0.25) is 0 Å². The van der Waals surface area contributed by atoms with Gasteiger partial charge in [0.15, 0.2) is 0 Å². The second-order valence-electron chi connectivity index (χ2n) is 15.3. The molecule has 0 saturated carbocycles. The van der Waals surface area contributed by atoms with Crippen molar-refractivity contribution in [1.82, 2.24) is 0 Å². The third-order valence-corrected chi connectivity index (χ3v) is 13.5. The van der Waals surface area contributed by atoms with Crippen molar-refractivity contribution in [1.29, 1.82) is 0 Å². The number of benzene rings is 7. The van der Waals surface area contributed by atoms with Crippen LogP contribution in [0.5, 0.6) is 0 Å². The minimum Gasteiger partial charge on any atom is -0.101 e. The molecule has 0 radical (unpaired) electrons. The van der Waals surface area contributed by atoms with E-state index in [1.165, 1.54) is 147 Å². The third kappa shape index (κ3) is 4.52. The van der Waals surface area contributed by atoms with Crippen molar-refractivity contribution >= 4 is 243 Å². The molecule has 0 aromatic heterocycles. The molecule has 0 heterocycles. The minimum atomic E-state index is 1.29. The van der Waals surface area contributed by atoms with Crippen LogP contribution in [0, 0.1) is 0 Å². The Balaban J connectivity index is 1.95. The van der Waals surface area contributed by atoms with Gasteiger partial charge in [0.1, 0.15) is 118 Å².